The van der Waals surface area contributed by atoms with E-state index in [4.69, 9.17) is 0 Å². The third-order valence-electron chi connectivity index (χ3n) is 4.84. The summed E-state index contributed by atoms with van der Waals surface area (Å²) >= 11 is 1.59. The lowest BCUT2D eigenvalue weighted by atomic mass is 10.2. The molecule has 0 aromatic heterocycles. The highest BCUT2D eigenvalue weighted by atomic mass is 32.2. The monoisotopic (exact) mass is 370 g/mol. The van der Waals surface area contributed by atoms with Gasteiger partial charge in [-0.1, -0.05) is 29.5 Å². The normalized spacial score (nSPS) is 22.2. The Morgan fingerprint density at radius 2 is 2.12 bits per heavy atom. The van der Waals surface area contributed by atoms with Crippen LogP contribution in [-0.4, -0.2) is 47.6 Å². The van der Waals surface area contributed by atoms with Gasteiger partial charge in [0.15, 0.2) is 5.17 Å². The fourth-order valence-electron chi connectivity index (χ4n) is 3.50. The molecule has 1 aromatic rings. The minimum absolute atomic E-state index is 0.0350. The molecule has 136 valence electrons. The summed E-state index contributed by atoms with van der Waals surface area (Å²) in [6, 6.07) is 7.76. The fourth-order valence-corrected chi connectivity index (χ4v) is 4.45. The number of nitrogens with one attached hydrogen (secondary N) is 1. The molecule has 1 atom stereocenters. The van der Waals surface area contributed by atoms with E-state index in [-0.39, 0.29) is 17.9 Å². The van der Waals surface area contributed by atoms with Crippen LogP contribution in [0.4, 0.5) is 5.69 Å². The first-order valence-corrected chi connectivity index (χ1v) is 9.82. The molecule has 3 aliphatic heterocycles. The van der Waals surface area contributed by atoms with Gasteiger partial charge < -0.3 is 15.1 Å². The van der Waals surface area contributed by atoms with E-state index in [1.54, 1.807) is 16.7 Å². The second-order valence-electron chi connectivity index (χ2n) is 6.88. The lowest BCUT2D eigenvalue weighted by Crippen LogP contribution is -2.38. The van der Waals surface area contributed by atoms with Gasteiger partial charge in [-0.15, -0.1) is 0 Å². The number of aryl methyl sites for hydroxylation is 1. The molecule has 3 aliphatic rings. The van der Waals surface area contributed by atoms with Gasteiger partial charge in [0.1, 0.15) is 0 Å². The second-order valence-corrected chi connectivity index (χ2v) is 7.72. The molecule has 0 bridgehead atoms. The summed E-state index contributed by atoms with van der Waals surface area (Å²) in [5.41, 5.74) is 3.06. The molecule has 0 spiro atoms. The largest absolute Gasteiger partial charge is 0.351 e. The number of amidine groups is 1. The molecule has 1 N–H and O–H groups in total. The summed E-state index contributed by atoms with van der Waals surface area (Å²) in [6.07, 6.45) is 1.71. The molecule has 0 aliphatic carbocycles. The number of rotatable bonds is 4. The van der Waals surface area contributed by atoms with Gasteiger partial charge in [0.05, 0.1) is 12.5 Å². The van der Waals surface area contributed by atoms with Gasteiger partial charge >= 0.3 is 0 Å². The number of hydrogen-bond acceptors (Lipinski definition) is 5. The Labute approximate surface area is 157 Å². The molecular weight excluding hydrogens is 348 g/mol. The molecule has 6 nitrogen and oxygen atoms in total. The Morgan fingerprint density at radius 3 is 2.92 bits per heavy atom. The van der Waals surface area contributed by atoms with Crippen LogP contribution in [0.15, 0.2) is 40.4 Å². The Kier molecular flexibility index (Phi) is 4.72. The van der Waals surface area contributed by atoms with Gasteiger partial charge in [0.25, 0.3) is 0 Å². The average Bonchev–Trinajstić information content (AvgIpc) is 3.19. The average molecular weight is 370 g/mol. The van der Waals surface area contributed by atoms with Crippen molar-refractivity contribution in [2.75, 3.05) is 24.5 Å². The third-order valence-corrected chi connectivity index (χ3v) is 5.79. The smallest absolute Gasteiger partial charge is 0.229 e. The Balaban J connectivity index is 1.34. The highest BCUT2D eigenvalue weighted by Gasteiger charge is 2.32. The lowest BCUT2D eigenvalue weighted by molar-refractivity contribution is -0.121. The molecule has 2 amide bonds. The van der Waals surface area contributed by atoms with E-state index in [0.717, 1.165) is 41.6 Å². The number of thioether (sulfide) groups is 1. The van der Waals surface area contributed by atoms with Crippen molar-refractivity contribution in [3.63, 3.8) is 0 Å². The molecule has 1 saturated heterocycles. The Bertz CT molecular complexity index is 787. The van der Waals surface area contributed by atoms with Gasteiger partial charge in [0.2, 0.25) is 11.8 Å². The highest BCUT2D eigenvalue weighted by molar-refractivity contribution is 8.16. The third kappa shape index (κ3) is 3.49. The first kappa shape index (κ1) is 17.1. The van der Waals surface area contributed by atoms with Gasteiger partial charge in [-0.05, 0) is 30.9 Å². The predicted molar refractivity (Wildman–Crippen MR) is 104 cm³/mol. The zero-order chi connectivity index (χ0) is 18.1. The Morgan fingerprint density at radius 1 is 1.31 bits per heavy atom. The zero-order valence-electron chi connectivity index (χ0n) is 14.8. The molecule has 4 rings (SSSR count). The maximum absolute atomic E-state index is 12.5. The van der Waals surface area contributed by atoms with Crippen LogP contribution in [0.1, 0.15) is 24.8 Å². The number of hydrogen-bond donors (Lipinski definition) is 1. The van der Waals surface area contributed by atoms with Crippen LogP contribution >= 0.6 is 11.8 Å². The molecule has 0 radical (unpaired) electrons. The van der Waals surface area contributed by atoms with Crippen LogP contribution in [-0.2, 0) is 9.59 Å². The van der Waals surface area contributed by atoms with Crippen LogP contribution in [0, 0.1) is 6.92 Å². The van der Waals surface area contributed by atoms with Crippen molar-refractivity contribution in [3.8, 4) is 0 Å². The van der Waals surface area contributed by atoms with E-state index >= 15 is 0 Å². The van der Waals surface area contributed by atoms with E-state index in [1.165, 1.54) is 0 Å². The van der Waals surface area contributed by atoms with Crippen molar-refractivity contribution >= 4 is 34.4 Å². The van der Waals surface area contributed by atoms with Crippen molar-refractivity contribution in [2.45, 2.75) is 32.2 Å². The van der Waals surface area contributed by atoms with Crippen LogP contribution in [0.2, 0.25) is 0 Å². The molecule has 0 saturated carbocycles. The van der Waals surface area contributed by atoms with Gasteiger partial charge in [-0.2, -0.15) is 0 Å². The standard InChI is InChI=1S/C19H22N4O2S/c1-13-3-5-15(6-4-13)23-11-14(9-18(23)25)21-17(24)10-16-12-26-19-20-7-2-8-22(16)19/h3-6,12,14H,2,7-11H2,1H3,(H,21,24). The van der Waals surface area contributed by atoms with Crippen molar-refractivity contribution in [1.82, 2.24) is 10.2 Å². The van der Waals surface area contributed by atoms with Gasteiger partial charge in [-0.25, -0.2) is 0 Å². The number of carbonyl (C=O) groups is 2. The number of nitrogens with zero attached hydrogens (tertiary/aromatic N) is 3. The van der Waals surface area contributed by atoms with E-state index in [0.29, 0.717) is 19.4 Å². The number of carbonyl (C=O) groups excluding carboxylic acids is 2. The fraction of sp³-hybridized carbons (Fsp3) is 0.421. The number of benzene rings is 1. The summed E-state index contributed by atoms with van der Waals surface area (Å²) in [4.78, 5) is 33.2. The van der Waals surface area contributed by atoms with Crippen LogP contribution in [0.5, 0.6) is 0 Å². The number of amides is 2. The van der Waals surface area contributed by atoms with Crippen molar-refractivity contribution in [3.05, 3.63) is 40.9 Å². The number of fused-ring (bicyclic) bond motifs is 1. The maximum atomic E-state index is 12.5. The van der Waals surface area contributed by atoms with E-state index < -0.39 is 0 Å². The highest BCUT2D eigenvalue weighted by Crippen LogP contribution is 2.30. The summed E-state index contributed by atoms with van der Waals surface area (Å²) in [5, 5.41) is 6.04. The summed E-state index contributed by atoms with van der Waals surface area (Å²) < 4.78 is 0. The SMILES string of the molecule is Cc1ccc(N2CC(NC(=O)CC3=CSC4=NCCCN34)CC2=O)cc1. The van der Waals surface area contributed by atoms with E-state index in [1.807, 2.05) is 36.6 Å². The minimum Gasteiger partial charge on any atom is -0.351 e. The summed E-state index contributed by atoms with van der Waals surface area (Å²) in [5.74, 6) is 0.0208. The summed E-state index contributed by atoms with van der Waals surface area (Å²) in [7, 11) is 0. The van der Waals surface area contributed by atoms with E-state index in [2.05, 4.69) is 15.2 Å². The lowest BCUT2D eigenvalue weighted by Gasteiger charge is -2.25. The second kappa shape index (κ2) is 7.15. The molecule has 7 heteroatoms. The van der Waals surface area contributed by atoms with Crippen LogP contribution in [0.25, 0.3) is 0 Å². The quantitative estimate of drug-likeness (QED) is 0.883. The molecule has 1 fully saturated rings. The van der Waals surface area contributed by atoms with Gasteiger partial charge in [-0.3, -0.25) is 14.6 Å². The molecule has 1 aromatic carbocycles. The summed E-state index contributed by atoms with van der Waals surface area (Å²) in [6.45, 7) is 4.34. The molecule has 3 heterocycles. The maximum Gasteiger partial charge on any atom is 0.229 e. The van der Waals surface area contributed by atoms with E-state index in [9.17, 15) is 9.59 Å². The van der Waals surface area contributed by atoms with Crippen molar-refractivity contribution < 1.29 is 9.59 Å². The predicted octanol–water partition coefficient (Wildman–Crippen LogP) is 2.26. The topological polar surface area (TPSA) is 65.0 Å². The first-order chi connectivity index (χ1) is 12.6. The van der Waals surface area contributed by atoms with Crippen LogP contribution in [0.3, 0.4) is 0 Å². The van der Waals surface area contributed by atoms with Crippen molar-refractivity contribution in [1.29, 1.82) is 0 Å². The number of aliphatic imine (C=N–C) groups is 1. The number of anilines is 1. The molecular formula is C19H22N4O2S. The van der Waals surface area contributed by atoms with Crippen LogP contribution < -0.4 is 10.2 Å². The Hall–Kier alpha value is -2.28. The minimum atomic E-state index is -0.138. The molecule has 1 unspecified atom stereocenters. The van der Waals surface area contributed by atoms with Crippen molar-refractivity contribution in [2.24, 2.45) is 4.99 Å². The van der Waals surface area contributed by atoms with Gasteiger partial charge in [0, 0.05) is 37.4 Å². The molecule has 26 heavy (non-hydrogen) atoms. The first-order valence-electron chi connectivity index (χ1n) is 8.94. The zero-order valence-corrected chi connectivity index (χ0v) is 15.6.